The molecule has 2 heterocycles. The van der Waals surface area contributed by atoms with Crippen LogP contribution in [0.15, 0.2) is 30.3 Å². The van der Waals surface area contributed by atoms with E-state index in [-0.39, 0.29) is 5.69 Å². The minimum atomic E-state index is -1.02. The summed E-state index contributed by atoms with van der Waals surface area (Å²) in [6, 6.07) is 9.48. The van der Waals surface area contributed by atoms with Crippen molar-refractivity contribution in [3.8, 4) is 16.3 Å². The second-order valence-corrected chi connectivity index (χ2v) is 5.44. The summed E-state index contributed by atoms with van der Waals surface area (Å²) in [5.74, 6) is -0.215. The van der Waals surface area contributed by atoms with Crippen LogP contribution in [0.4, 0.5) is 0 Å². The Hall–Kier alpha value is -2.34. The molecule has 0 amide bonds. The standard InChI is InChI=1S/C14H12N2O3S/c1-16-11(7-10(15-16)14(17)18)13-6-8-5-9(19-2)3-4-12(8)20-13/h3-7H,1-2H3,(H,17,18). The van der Waals surface area contributed by atoms with Crippen molar-refractivity contribution in [2.24, 2.45) is 7.05 Å². The fourth-order valence-corrected chi connectivity index (χ4v) is 3.17. The molecule has 5 nitrogen and oxygen atoms in total. The molecule has 0 saturated carbocycles. The zero-order valence-corrected chi connectivity index (χ0v) is 11.8. The van der Waals surface area contributed by atoms with Crippen LogP contribution in [-0.2, 0) is 7.05 Å². The Morgan fingerprint density at radius 1 is 1.35 bits per heavy atom. The van der Waals surface area contributed by atoms with E-state index in [9.17, 15) is 4.79 Å². The summed E-state index contributed by atoms with van der Waals surface area (Å²) in [5, 5.41) is 14.0. The first kappa shape index (κ1) is 12.7. The molecule has 1 aromatic carbocycles. The number of aromatic nitrogens is 2. The molecule has 20 heavy (non-hydrogen) atoms. The van der Waals surface area contributed by atoms with Crippen LogP contribution in [0.25, 0.3) is 20.7 Å². The predicted octanol–water partition coefficient (Wildman–Crippen LogP) is 3.01. The lowest BCUT2D eigenvalue weighted by Gasteiger charge is -1.97. The lowest BCUT2D eigenvalue weighted by molar-refractivity contribution is 0.0689. The van der Waals surface area contributed by atoms with E-state index in [1.54, 1.807) is 36.2 Å². The van der Waals surface area contributed by atoms with E-state index < -0.39 is 5.97 Å². The minimum Gasteiger partial charge on any atom is -0.497 e. The van der Waals surface area contributed by atoms with Crippen molar-refractivity contribution < 1.29 is 14.6 Å². The number of ether oxygens (including phenoxy) is 1. The third-order valence-corrected chi connectivity index (χ3v) is 4.21. The Morgan fingerprint density at radius 3 is 2.80 bits per heavy atom. The molecule has 0 fully saturated rings. The second-order valence-electron chi connectivity index (χ2n) is 4.36. The van der Waals surface area contributed by atoms with Crippen molar-refractivity contribution >= 4 is 27.4 Å². The molecule has 0 aliphatic rings. The van der Waals surface area contributed by atoms with Crippen LogP contribution in [0.5, 0.6) is 5.75 Å². The number of nitrogens with zero attached hydrogens (tertiary/aromatic N) is 2. The fraction of sp³-hybridized carbons (Fsp3) is 0.143. The zero-order valence-electron chi connectivity index (χ0n) is 11.0. The van der Waals surface area contributed by atoms with Crippen LogP contribution in [0, 0.1) is 0 Å². The maximum Gasteiger partial charge on any atom is 0.356 e. The third-order valence-electron chi connectivity index (χ3n) is 3.07. The Balaban J connectivity index is 2.12. The number of aryl methyl sites for hydroxylation is 1. The molecule has 102 valence electrons. The monoisotopic (exact) mass is 288 g/mol. The van der Waals surface area contributed by atoms with Crippen LogP contribution in [0.3, 0.4) is 0 Å². The van der Waals surface area contributed by atoms with Gasteiger partial charge in [0.15, 0.2) is 5.69 Å². The van der Waals surface area contributed by atoms with Crippen LogP contribution in [0.2, 0.25) is 0 Å². The van der Waals surface area contributed by atoms with Gasteiger partial charge in [-0.15, -0.1) is 11.3 Å². The Kier molecular flexibility index (Phi) is 2.94. The van der Waals surface area contributed by atoms with Crippen LogP contribution < -0.4 is 4.74 Å². The van der Waals surface area contributed by atoms with Crippen molar-refractivity contribution in [2.75, 3.05) is 7.11 Å². The van der Waals surface area contributed by atoms with E-state index in [0.29, 0.717) is 0 Å². The molecule has 0 unspecified atom stereocenters. The van der Waals surface area contributed by atoms with E-state index in [1.807, 2.05) is 24.3 Å². The Labute approximate surface area is 119 Å². The number of carboxylic acids is 1. The van der Waals surface area contributed by atoms with Crippen molar-refractivity contribution in [3.63, 3.8) is 0 Å². The summed E-state index contributed by atoms with van der Waals surface area (Å²) >= 11 is 1.60. The molecule has 0 aliphatic heterocycles. The summed E-state index contributed by atoms with van der Waals surface area (Å²) in [7, 11) is 3.38. The van der Waals surface area contributed by atoms with Gasteiger partial charge in [0.1, 0.15) is 5.75 Å². The highest BCUT2D eigenvalue weighted by Crippen LogP contribution is 2.35. The minimum absolute atomic E-state index is 0.0533. The molecule has 1 N–H and O–H groups in total. The van der Waals surface area contributed by atoms with Gasteiger partial charge in [0.05, 0.1) is 17.7 Å². The van der Waals surface area contributed by atoms with Crippen molar-refractivity contribution in [1.29, 1.82) is 0 Å². The summed E-state index contributed by atoms with van der Waals surface area (Å²) in [5.41, 5.74) is 0.847. The number of rotatable bonds is 3. The average Bonchev–Trinajstić information content (AvgIpc) is 3.00. The van der Waals surface area contributed by atoms with Gasteiger partial charge < -0.3 is 9.84 Å². The SMILES string of the molecule is COc1ccc2sc(-c3cc(C(=O)O)nn3C)cc2c1. The smallest absolute Gasteiger partial charge is 0.356 e. The van der Waals surface area contributed by atoms with Gasteiger partial charge in [-0.25, -0.2) is 4.79 Å². The summed E-state index contributed by atoms with van der Waals surface area (Å²) in [4.78, 5) is 11.9. The topological polar surface area (TPSA) is 64.3 Å². The quantitative estimate of drug-likeness (QED) is 0.804. The van der Waals surface area contributed by atoms with E-state index in [0.717, 1.165) is 26.4 Å². The van der Waals surface area contributed by atoms with Gasteiger partial charge in [0, 0.05) is 11.7 Å². The molecule has 3 aromatic rings. The number of carbonyl (C=O) groups is 1. The van der Waals surface area contributed by atoms with E-state index >= 15 is 0 Å². The van der Waals surface area contributed by atoms with E-state index in [1.165, 1.54) is 0 Å². The maximum absolute atomic E-state index is 11.0. The molecule has 0 radical (unpaired) electrons. The molecule has 0 bridgehead atoms. The molecule has 2 aromatic heterocycles. The van der Waals surface area contributed by atoms with Crippen LogP contribution in [0.1, 0.15) is 10.5 Å². The van der Waals surface area contributed by atoms with Crippen molar-refractivity contribution in [1.82, 2.24) is 9.78 Å². The molecule has 0 atom stereocenters. The second kappa shape index (κ2) is 4.64. The zero-order chi connectivity index (χ0) is 14.3. The highest BCUT2D eigenvalue weighted by Gasteiger charge is 2.14. The van der Waals surface area contributed by atoms with Gasteiger partial charge in [-0.05, 0) is 35.7 Å². The lowest BCUT2D eigenvalue weighted by Crippen LogP contribution is -1.99. The maximum atomic E-state index is 11.0. The number of hydrogen-bond acceptors (Lipinski definition) is 4. The molecular weight excluding hydrogens is 276 g/mol. The molecule has 0 saturated heterocycles. The Morgan fingerprint density at radius 2 is 2.15 bits per heavy atom. The molecule has 0 spiro atoms. The number of carboxylic acid groups (broad SMARTS) is 1. The summed E-state index contributed by atoms with van der Waals surface area (Å²) in [6.45, 7) is 0. The number of methoxy groups -OCH3 is 1. The average molecular weight is 288 g/mol. The number of aromatic carboxylic acids is 1. The first-order chi connectivity index (χ1) is 9.58. The molecular formula is C14H12N2O3S. The number of hydrogen-bond donors (Lipinski definition) is 1. The molecule has 0 aliphatic carbocycles. The first-order valence-corrected chi connectivity index (χ1v) is 6.75. The summed E-state index contributed by atoms with van der Waals surface area (Å²) in [6.07, 6.45) is 0. The van der Waals surface area contributed by atoms with Gasteiger partial charge >= 0.3 is 5.97 Å². The van der Waals surface area contributed by atoms with Crippen molar-refractivity contribution in [3.05, 3.63) is 36.0 Å². The van der Waals surface area contributed by atoms with E-state index in [2.05, 4.69) is 5.10 Å². The van der Waals surface area contributed by atoms with Crippen LogP contribution >= 0.6 is 11.3 Å². The highest BCUT2D eigenvalue weighted by molar-refractivity contribution is 7.22. The normalized spacial score (nSPS) is 10.9. The van der Waals surface area contributed by atoms with E-state index in [4.69, 9.17) is 9.84 Å². The van der Waals surface area contributed by atoms with Crippen LogP contribution in [-0.4, -0.2) is 28.0 Å². The van der Waals surface area contributed by atoms with Gasteiger partial charge in [0.2, 0.25) is 0 Å². The van der Waals surface area contributed by atoms with Crippen molar-refractivity contribution in [2.45, 2.75) is 0 Å². The molecule has 3 rings (SSSR count). The molecule has 6 heteroatoms. The first-order valence-electron chi connectivity index (χ1n) is 5.94. The van der Waals surface area contributed by atoms with Gasteiger partial charge in [-0.3, -0.25) is 4.68 Å². The fourth-order valence-electron chi connectivity index (χ4n) is 2.08. The number of benzene rings is 1. The summed E-state index contributed by atoms with van der Waals surface area (Å²) < 4.78 is 7.92. The van der Waals surface area contributed by atoms with Gasteiger partial charge in [-0.1, -0.05) is 0 Å². The predicted molar refractivity (Wildman–Crippen MR) is 77.5 cm³/mol. The Bertz CT molecular complexity index is 804. The highest BCUT2D eigenvalue weighted by atomic mass is 32.1. The third kappa shape index (κ3) is 2.04. The van der Waals surface area contributed by atoms with Gasteiger partial charge in [-0.2, -0.15) is 5.10 Å². The largest absolute Gasteiger partial charge is 0.497 e. The number of thiophene rings is 1. The van der Waals surface area contributed by atoms with Gasteiger partial charge in [0.25, 0.3) is 0 Å². The number of fused-ring (bicyclic) bond motifs is 1. The lowest BCUT2D eigenvalue weighted by atomic mass is 10.2.